The first kappa shape index (κ1) is 16.2. The number of rotatable bonds is 5. The lowest BCUT2D eigenvalue weighted by Gasteiger charge is -2.17. The summed E-state index contributed by atoms with van der Waals surface area (Å²) < 4.78 is 0. The summed E-state index contributed by atoms with van der Waals surface area (Å²) in [7, 11) is 0. The van der Waals surface area contributed by atoms with Crippen molar-refractivity contribution in [1.82, 2.24) is 4.90 Å². The van der Waals surface area contributed by atoms with Gasteiger partial charge in [-0.2, -0.15) is 11.8 Å². The number of thioether (sulfide) groups is 1. The number of nitrogens with zero attached hydrogens (tertiary/aromatic N) is 1. The zero-order chi connectivity index (χ0) is 13.1. The lowest BCUT2D eigenvalue weighted by atomic mass is 9.98. The molecule has 3 unspecified atom stereocenters. The summed E-state index contributed by atoms with van der Waals surface area (Å²) >= 11 is 2.05. The molecule has 3 atom stereocenters. The molecule has 2 nitrogen and oxygen atoms in total. The highest BCUT2D eigenvalue weighted by Gasteiger charge is 2.40. The minimum atomic E-state index is 0. The zero-order valence-corrected chi connectivity index (χ0v) is 13.5. The van der Waals surface area contributed by atoms with Crippen molar-refractivity contribution in [1.29, 1.82) is 0 Å². The molecule has 1 aromatic carbocycles. The minimum absolute atomic E-state index is 0. The second kappa shape index (κ2) is 7.69. The van der Waals surface area contributed by atoms with Crippen LogP contribution in [-0.2, 0) is 5.75 Å². The van der Waals surface area contributed by atoms with Crippen molar-refractivity contribution >= 4 is 24.2 Å². The molecule has 112 valence electrons. The van der Waals surface area contributed by atoms with Crippen LogP contribution in [0.3, 0.4) is 0 Å². The fourth-order valence-electron chi connectivity index (χ4n) is 3.54. The van der Waals surface area contributed by atoms with Gasteiger partial charge in [0.25, 0.3) is 0 Å². The first-order chi connectivity index (χ1) is 9.33. The van der Waals surface area contributed by atoms with Gasteiger partial charge >= 0.3 is 0 Å². The van der Waals surface area contributed by atoms with Crippen molar-refractivity contribution in [3.63, 3.8) is 0 Å². The monoisotopic (exact) mass is 312 g/mol. The Bertz CT molecular complexity index is 401. The molecule has 20 heavy (non-hydrogen) atoms. The fourth-order valence-corrected chi connectivity index (χ4v) is 4.50. The van der Waals surface area contributed by atoms with Gasteiger partial charge in [0.1, 0.15) is 0 Å². The van der Waals surface area contributed by atoms with Crippen molar-refractivity contribution in [2.45, 2.75) is 24.6 Å². The molecule has 4 heteroatoms. The van der Waals surface area contributed by atoms with Gasteiger partial charge in [0.15, 0.2) is 0 Å². The number of hydrogen-bond acceptors (Lipinski definition) is 3. The Balaban J connectivity index is 0.00000147. The summed E-state index contributed by atoms with van der Waals surface area (Å²) in [5, 5.41) is 0. The van der Waals surface area contributed by atoms with Crippen LogP contribution in [0.2, 0.25) is 0 Å². The average Bonchev–Trinajstić information content (AvgIpc) is 2.99. The van der Waals surface area contributed by atoms with Crippen molar-refractivity contribution in [3.05, 3.63) is 35.9 Å². The van der Waals surface area contributed by atoms with E-state index in [0.717, 1.165) is 17.6 Å². The van der Waals surface area contributed by atoms with E-state index in [0.29, 0.717) is 6.04 Å². The average molecular weight is 313 g/mol. The quantitative estimate of drug-likeness (QED) is 0.848. The maximum absolute atomic E-state index is 6.18. The normalized spacial score (nSPS) is 29.1. The van der Waals surface area contributed by atoms with Crippen LogP contribution in [-0.4, -0.2) is 36.3 Å². The molecule has 2 fully saturated rings. The van der Waals surface area contributed by atoms with Gasteiger partial charge in [-0.05, 0) is 30.2 Å². The highest BCUT2D eigenvalue weighted by Crippen LogP contribution is 2.37. The molecule has 1 saturated carbocycles. The van der Waals surface area contributed by atoms with E-state index in [2.05, 4.69) is 35.2 Å². The van der Waals surface area contributed by atoms with Crippen LogP contribution in [0, 0.1) is 11.8 Å². The predicted octanol–water partition coefficient (Wildman–Crippen LogP) is 3.01. The molecule has 1 saturated heterocycles. The van der Waals surface area contributed by atoms with Gasteiger partial charge in [-0.1, -0.05) is 30.3 Å². The maximum atomic E-state index is 6.18. The third-order valence-electron chi connectivity index (χ3n) is 4.65. The van der Waals surface area contributed by atoms with Gasteiger partial charge in [0.2, 0.25) is 0 Å². The van der Waals surface area contributed by atoms with E-state index in [1.165, 1.54) is 43.8 Å². The molecule has 1 aliphatic heterocycles. The minimum Gasteiger partial charge on any atom is -0.327 e. The Morgan fingerprint density at radius 3 is 2.70 bits per heavy atom. The van der Waals surface area contributed by atoms with E-state index in [1.807, 2.05) is 11.8 Å². The van der Waals surface area contributed by atoms with Gasteiger partial charge in [0.05, 0.1) is 0 Å². The lowest BCUT2D eigenvalue weighted by molar-refractivity contribution is 0.324. The second-order valence-corrected chi connectivity index (χ2v) is 7.07. The number of hydrogen-bond donors (Lipinski definition) is 1. The van der Waals surface area contributed by atoms with E-state index in [9.17, 15) is 0 Å². The SMILES string of the molecule is Cl.NC1CCC2CN(CCSCc3ccccc3)CC12. The third kappa shape index (κ3) is 3.91. The van der Waals surface area contributed by atoms with Crippen molar-refractivity contribution in [2.24, 2.45) is 17.6 Å². The zero-order valence-electron chi connectivity index (χ0n) is 11.9. The molecule has 1 heterocycles. The summed E-state index contributed by atoms with van der Waals surface area (Å²) in [6.45, 7) is 3.78. The topological polar surface area (TPSA) is 29.3 Å². The second-order valence-electron chi connectivity index (χ2n) is 5.96. The molecule has 0 amide bonds. The predicted molar refractivity (Wildman–Crippen MR) is 90.5 cm³/mol. The fraction of sp³-hybridized carbons (Fsp3) is 0.625. The molecule has 2 N–H and O–H groups in total. The highest BCUT2D eigenvalue weighted by molar-refractivity contribution is 7.98. The van der Waals surface area contributed by atoms with Crippen LogP contribution in [0.4, 0.5) is 0 Å². The van der Waals surface area contributed by atoms with Crippen LogP contribution < -0.4 is 5.73 Å². The molecule has 0 spiro atoms. The maximum Gasteiger partial charge on any atom is 0.0185 e. The summed E-state index contributed by atoms with van der Waals surface area (Å²) in [5.74, 6) is 4.07. The Hall–Kier alpha value is -0.220. The van der Waals surface area contributed by atoms with Crippen molar-refractivity contribution < 1.29 is 0 Å². The smallest absolute Gasteiger partial charge is 0.0185 e. The van der Waals surface area contributed by atoms with Crippen LogP contribution >= 0.6 is 24.2 Å². The summed E-state index contributed by atoms with van der Waals surface area (Å²) in [6.07, 6.45) is 2.62. The molecule has 1 aromatic rings. The largest absolute Gasteiger partial charge is 0.327 e. The molecular formula is C16H25ClN2S. The van der Waals surface area contributed by atoms with Gasteiger partial charge in [0, 0.05) is 37.2 Å². The number of benzene rings is 1. The third-order valence-corrected chi connectivity index (χ3v) is 5.66. The van der Waals surface area contributed by atoms with E-state index >= 15 is 0 Å². The van der Waals surface area contributed by atoms with Crippen LogP contribution in [0.25, 0.3) is 0 Å². The molecule has 1 aliphatic carbocycles. The molecule has 0 radical (unpaired) electrons. The Morgan fingerprint density at radius 2 is 1.95 bits per heavy atom. The number of likely N-dealkylation sites (tertiary alicyclic amines) is 1. The molecular weight excluding hydrogens is 288 g/mol. The summed E-state index contributed by atoms with van der Waals surface area (Å²) in [4.78, 5) is 2.63. The van der Waals surface area contributed by atoms with E-state index < -0.39 is 0 Å². The molecule has 0 aromatic heterocycles. The van der Waals surface area contributed by atoms with Gasteiger partial charge in [-0.15, -0.1) is 12.4 Å². The molecule has 3 rings (SSSR count). The first-order valence-corrected chi connectivity index (χ1v) is 8.58. The van der Waals surface area contributed by atoms with Crippen molar-refractivity contribution in [2.75, 3.05) is 25.4 Å². The van der Waals surface area contributed by atoms with Gasteiger partial charge in [-0.25, -0.2) is 0 Å². The summed E-state index contributed by atoms with van der Waals surface area (Å²) in [6, 6.07) is 11.2. The summed E-state index contributed by atoms with van der Waals surface area (Å²) in [5.41, 5.74) is 7.62. The van der Waals surface area contributed by atoms with Crippen LogP contribution in [0.1, 0.15) is 18.4 Å². The van der Waals surface area contributed by atoms with E-state index in [-0.39, 0.29) is 12.4 Å². The Morgan fingerprint density at radius 1 is 1.15 bits per heavy atom. The van der Waals surface area contributed by atoms with E-state index in [4.69, 9.17) is 5.73 Å². The number of nitrogens with two attached hydrogens (primary N) is 1. The van der Waals surface area contributed by atoms with Crippen molar-refractivity contribution in [3.8, 4) is 0 Å². The number of halogens is 1. The van der Waals surface area contributed by atoms with Crippen LogP contribution in [0.5, 0.6) is 0 Å². The van der Waals surface area contributed by atoms with Gasteiger partial charge < -0.3 is 10.6 Å². The Labute approximate surface area is 132 Å². The molecule has 0 bridgehead atoms. The highest BCUT2D eigenvalue weighted by atomic mass is 35.5. The standard InChI is InChI=1S/C16H24N2S.ClH/c17-16-7-6-14-10-18(11-15(14)16)8-9-19-12-13-4-2-1-3-5-13;/h1-5,14-16H,6-12,17H2;1H. The Kier molecular flexibility index (Phi) is 6.21. The molecule has 2 aliphatic rings. The van der Waals surface area contributed by atoms with Gasteiger partial charge in [-0.3, -0.25) is 0 Å². The van der Waals surface area contributed by atoms with E-state index in [1.54, 1.807) is 0 Å². The van der Waals surface area contributed by atoms with Crippen LogP contribution in [0.15, 0.2) is 30.3 Å². The number of fused-ring (bicyclic) bond motifs is 1. The lowest BCUT2D eigenvalue weighted by Crippen LogP contribution is -2.31. The first-order valence-electron chi connectivity index (χ1n) is 7.42.